The van der Waals surface area contributed by atoms with Gasteiger partial charge in [-0.2, -0.15) is 0 Å². The van der Waals surface area contributed by atoms with Gasteiger partial charge in [-0.1, -0.05) is 6.07 Å². The van der Waals surface area contributed by atoms with Crippen LogP contribution in [-0.2, 0) is 6.54 Å². The summed E-state index contributed by atoms with van der Waals surface area (Å²) in [6, 6.07) is 8.82. The van der Waals surface area contributed by atoms with E-state index in [-0.39, 0.29) is 6.10 Å². The number of aromatic amines is 1. The minimum atomic E-state index is -0.0870. The Morgan fingerprint density at radius 2 is 2.06 bits per heavy atom. The van der Waals surface area contributed by atoms with E-state index in [1.165, 1.54) is 22.2 Å². The molecule has 1 fully saturated rings. The first-order valence-electron chi connectivity index (χ1n) is 6.69. The van der Waals surface area contributed by atoms with Gasteiger partial charge in [0.25, 0.3) is 0 Å². The molecule has 0 aliphatic carbocycles. The molecule has 1 saturated heterocycles. The summed E-state index contributed by atoms with van der Waals surface area (Å²) in [7, 11) is 0. The minimum absolute atomic E-state index is 0.0870. The van der Waals surface area contributed by atoms with Crippen LogP contribution < -0.4 is 0 Å². The van der Waals surface area contributed by atoms with Gasteiger partial charge in [-0.15, -0.1) is 0 Å². The van der Waals surface area contributed by atoms with Crippen LogP contribution in [-0.4, -0.2) is 34.2 Å². The van der Waals surface area contributed by atoms with Gasteiger partial charge in [0, 0.05) is 30.8 Å². The van der Waals surface area contributed by atoms with Crippen molar-refractivity contribution < 1.29 is 5.11 Å². The number of aliphatic hydroxyl groups is 1. The molecule has 0 amide bonds. The maximum Gasteiger partial charge on any atom is 0.0564 e. The number of aromatic nitrogens is 1. The molecule has 2 N–H and O–H groups in total. The van der Waals surface area contributed by atoms with Gasteiger partial charge in [-0.05, 0) is 48.9 Å². The molecule has 1 aromatic heterocycles. The number of likely N-dealkylation sites (tertiary alicyclic amines) is 1. The lowest BCUT2D eigenvalue weighted by Gasteiger charge is -2.29. The van der Waals surface area contributed by atoms with Gasteiger partial charge in [0.2, 0.25) is 0 Å². The highest BCUT2D eigenvalue weighted by Gasteiger charge is 2.16. The number of H-pyrrole nitrogens is 1. The molecule has 0 atom stereocenters. The van der Waals surface area contributed by atoms with Crippen LogP contribution in [0.15, 0.2) is 24.3 Å². The molecule has 0 saturated carbocycles. The molecule has 0 radical (unpaired) electrons. The summed E-state index contributed by atoms with van der Waals surface area (Å²) in [6.07, 6.45) is 1.73. The van der Waals surface area contributed by atoms with Gasteiger partial charge in [0.15, 0.2) is 0 Å². The first kappa shape index (κ1) is 11.8. The molecule has 2 heterocycles. The van der Waals surface area contributed by atoms with Crippen molar-refractivity contribution >= 4 is 10.9 Å². The first-order valence-corrected chi connectivity index (χ1v) is 6.69. The van der Waals surface area contributed by atoms with E-state index in [1.54, 1.807) is 0 Å². The smallest absolute Gasteiger partial charge is 0.0564 e. The molecule has 0 bridgehead atoms. The lowest BCUT2D eigenvalue weighted by Crippen LogP contribution is -2.35. The van der Waals surface area contributed by atoms with Crippen LogP contribution in [0.4, 0.5) is 0 Å². The van der Waals surface area contributed by atoms with Crippen LogP contribution in [0.25, 0.3) is 10.9 Å². The number of benzene rings is 1. The van der Waals surface area contributed by atoms with E-state index in [2.05, 4.69) is 41.1 Å². The predicted octanol–water partition coefficient (Wildman–Crippen LogP) is 2.43. The van der Waals surface area contributed by atoms with E-state index in [0.717, 1.165) is 32.5 Å². The predicted molar refractivity (Wildman–Crippen MR) is 73.6 cm³/mol. The fourth-order valence-corrected chi connectivity index (χ4v) is 2.76. The Morgan fingerprint density at radius 1 is 1.28 bits per heavy atom. The highest BCUT2D eigenvalue weighted by molar-refractivity contribution is 5.81. The summed E-state index contributed by atoms with van der Waals surface area (Å²) >= 11 is 0. The van der Waals surface area contributed by atoms with Gasteiger partial charge in [-0.25, -0.2) is 0 Å². The quantitative estimate of drug-likeness (QED) is 0.851. The second-order valence-electron chi connectivity index (χ2n) is 5.38. The van der Waals surface area contributed by atoms with E-state index in [4.69, 9.17) is 0 Å². The largest absolute Gasteiger partial charge is 0.393 e. The number of rotatable bonds is 2. The van der Waals surface area contributed by atoms with Crippen molar-refractivity contribution in [2.75, 3.05) is 13.1 Å². The molecule has 1 aliphatic rings. The van der Waals surface area contributed by atoms with E-state index in [9.17, 15) is 5.11 Å². The Balaban J connectivity index is 1.74. The second-order valence-corrected chi connectivity index (χ2v) is 5.38. The Morgan fingerprint density at radius 3 is 2.83 bits per heavy atom. The number of hydrogen-bond acceptors (Lipinski definition) is 2. The average Bonchev–Trinajstić information content (AvgIpc) is 2.71. The summed E-state index contributed by atoms with van der Waals surface area (Å²) in [5, 5.41) is 10.8. The molecule has 0 spiro atoms. The summed E-state index contributed by atoms with van der Waals surface area (Å²) in [5.74, 6) is 0. The molecule has 2 aromatic rings. The van der Waals surface area contributed by atoms with Crippen LogP contribution in [0.2, 0.25) is 0 Å². The molecule has 0 unspecified atom stereocenters. The van der Waals surface area contributed by atoms with Crippen LogP contribution in [0.5, 0.6) is 0 Å². The Kier molecular flexibility index (Phi) is 3.10. The topological polar surface area (TPSA) is 39.3 Å². The molecular weight excluding hydrogens is 224 g/mol. The van der Waals surface area contributed by atoms with E-state index < -0.39 is 0 Å². The summed E-state index contributed by atoms with van der Waals surface area (Å²) < 4.78 is 0. The molecule has 18 heavy (non-hydrogen) atoms. The van der Waals surface area contributed by atoms with E-state index in [0.29, 0.717) is 0 Å². The number of fused-ring (bicyclic) bond motifs is 1. The zero-order chi connectivity index (χ0) is 12.5. The minimum Gasteiger partial charge on any atom is -0.393 e. The maximum atomic E-state index is 9.51. The van der Waals surface area contributed by atoms with Crippen molar-refractivity contribution in [3.63, 3.8) is 0 Å². The van der Waals surface area contributed by atoms with Crippen molar-refractivity contribution in [1.29, 1.82) is 0 Å². The van der Waals surface area contributed by atoms with E-state index in [1.807, 2.05) is 0 Å². The Hall–Kier alpha value is -1.32. The molecule has 96 valence electrons. The second kappa shape index (κ2) is 4.75. The lowest BCUT2D eigenvalue weighted by atomic mass is 10.1. The average molecular weight is 244 g/mol. The molecule has 3 nitrogen and oxygen atoms in total. The van der Waals surface area contributed by atoms with Gasteiger partial charge in [0.05, 0.1) is 6.10 Å². The number of nitrogens with zero attached hydrogens (tertiary/aromatic N) is 1. The van der Waals surface area contributed by atoms with E-state index >= 15 is 0 Å². The normalized spacial score (nSPS) is 18.6. The van der Waals surface area contributed by atoms with Gasteiger partial charge in [0.1, 0.15) is 0 Å². The summed E-state index contributed by atoms with van der Waals surface area (Å²) in [5.41, 5.74) is 3.78. The number of aryl methyl sites for hydroxylation is 1. The van der Waals surface area contributed by atoms with Crippen molar-refractivity contribution in [1.82, 2.24) is 9.88 Å². The van der Waals surface area contributed by atoms with Crippen molar-refractivity contribution in [2.45, 2.75) is 32.4 Å². The number of hydrogen-bond donors (Lipinski definition) is 2. The standard InChI is InChI=1S/C15H20N2O/c1-11-8-13-9-12(2-3-15(13)16-11)10-17-6-4-14(18)5-7-17/h2-3,8-9,14,16,18H,4-7,10H2,1H3. The third-order valence-corrected chi connectivity index (χ3v) is 3.78. The lowest BCUT2D eigenvalue weighted by molar-refractivity contribution is 0.0792. The fraction of sp³-hybridized carbons (Fsp3) is 0.467. The summed E-state index contributed by atoms with van der Waals surface area (Å²) in [6.45, 7) is 5.09. The van der Waals surface area contributed by atoms with Crippen LogP contribution in [0.1, 0.15) is 24.1 Å². The maximum absolute atomic E-state index is 9.51. The molecule has 3 heteroatoms. The zero-order valence-electron chi connectivity index (χ0n) is 10.8. The van der Waals surface area contributed by atoms with Gasteiger partial charge >= 0.3 is 0 Å². The molecule has 3 rings (SSSR count). The Bertz CT molecular complexity index is 538. The fourth-order valence-electron chi connectivity index (χ4n) is 2.76. The van der Waals surface area contributed by atoms with Gasteiger partial charge in [-0.3, -0.25) is 4.90 Å². The summed E-state index contributed by atoms with van der Waals surface area (Å²) in [4.78, 5) is 5.77. The van der Waals surface area contributed by atoms with Crippen LogP contribution >= 0.6 is 0 Å². The van der Waals surface area contributed by atoms with Gasteiger partial charge < -0.3 is 10.1 Å². The third kappa shape index (κ3) is 2.42. The molecule has 1 aliphatic heterocycles. The zero-order valence-corrected chi connectivity index (χ0v) is 10.8. The number of aliphatic hydroxyl groups excluding tert-OH is 1. The highest BCUT2D eigenvalue weighted by atomic mass is 16.3. The monoisotopic (exact) mass is 244 g/mol. The van der Waals surface area contributed by atoms with Crippen molar-refractivity contribution in [3.8, 4) is 0 Å². The SMILES string of the molecule is Cc1cc2cc(CN3CCC(O)CC3)ccc2[nH]1. The Labute approximate surface area is 107 Å². The van der Waals surface area contributed by atoms with Crippen molar-refractivity contribution in [3.05, 3.63) is 35.5 Å². The van der Waals surface area contributed by atoms with Crippen LogP contribution in [0.3, 0.4) is 0 Å². The number of nitrogens with one attached hydrogen (secondary N) is 1. The molecule has 1 aromatic carbocycles. The van der Waals surface area contributed by atoms with Crippen molar-refractivity contribution in [2.24, 2.45) is 0 Å². The number of piperidine rings is 1. The van der Waals surface area contributed by atoms with Crippen LogP contribution in [0, 0.1) is 6.92 Å². The molecular formula is C15H20N2O. The third-order valence-electron chi connectivity index (χ3n) is 3.78. The first-order chi connectivity index (χ1) is 8.70. The highest BCUT2D eigenvalue weighted by Crippen LogP contribution is 2.19.